The molecule has 0 saturated heterocycles. The summed E-state index contributed by atoms with van der Waals surface area (Å²) in [5.74, 6) is -1.16. The molecule has 0 aliphatic carbocycles. The van der Waals surface area contributed by atoms with Gasteiger partial charge in [0, 0.05) is 6.54 Å². The van der Waals surface area contributed by atoms with Gasteiger partial charge in [0.05, 0.1) is 8.04 Å². The highest BCUT2D eigenvalue weighted by atomic mass is 127. The summed E-state index contributed by atoms with van der Waals surface area (Å²) < 4.78 is 6.41. The number of ether oxygens (including phenoxy) is 1. The summed E-state index contributed by atoms with van der Waals surface area (Å²) in [4.78, 5) is 22.9. The maximum atomic E-state index is 12.3. The summed E-state index contributed by atoms with van der Waals surface area (Å²) in [5, 5.41) is 20.7. The maximum Gasteiger partial charge on any atom is 0.341 e. The quantitative estimate of drug-likeness (QED) is 0.316. The van der Waals surface area contributed by atoms with Crippen LogP contribution in [0.5, 0.6) is 5.75 Å². The highest BCUT2D eigenvalue weighted by Gasteiger charge is 2.13. The van der Waals surface area contributed by atoms with E-state index in [1.54, 1.807) is 12.1 Å². The number of carboxylic acid groups (broad SMARTS) is 1. The van der Waals surface area contributed by atoms with E-state index >= 15 is 0 Å². The van der Waals surface area contributed by atoms with Crippen LogP contribution in [0.4, 0.5) is 0 Å². The number of hydrogen-bond acceptors (Lipinski definition) is 4. The molecule has 2 aromatic rings. The number of hydrogen-bond donors (Lipinski definition) is 2. The molecule has 0 aliphatic heterocycles. The molecule has 0 spiro atoms. The van der Waals surface area contributed by atoms with E-state index in [0.29, 0.717) is 25.9 Å². The molecule has 0 atom stereocenters. The molecule has 0 heterocycles. The van der Waals surface area contributed by atoms with E-state index in [-0.39, 0.29) is 5.57 Å². The molecule has 0 aliphatic rings. The van der Waals surface area contributed by atoms with Crippen molar-refractivity contribution in [3.05, 3.63) is 67.2 Å². The van der Waals surface area contributed by atoms with Crippen LogP contribution in [-0.2, 0) is 16.1 Å². The summed E-state index contributed by atoms with van der Waals surface area (Å²) in [6.07, 6.45) is 1.47. The molecule has 2 aromatic carbocycles. The first kappa shape index (κ1) is 20.9. The molecule has 6 nitrogen and oxygen atoms in total. The Kier molecular flexibility index (Phi) is 7.82. The van der Waals surface area contributed by atoms with Gasteiger partial charge in [-0.3, -0.25) is 4.79 Å². The van der Waals surface area contributed by atoms with Crippen molar-refractivity contribution in [1.82, 2.24) is 5.32 Å². The molecule has 0 saturated carbocycles. The zero-order chi connectivity index (χ0) is 19.8. The first-order valence-electron chi connectivity index (χ1n) is 7.68. The highest BCUT2D eigenvalue weighted by Crippen LogP contribution is 2.32. The fraction of sp³-hybridized carbons (Fsp3) is 0.105. The van der Waals surface area contributed by atoms with Crippen LogP contribution < -0.4 is 10.1 Å². The van der Waals surface area contributed by atoms with Crippen LogP contribution in [0.25, 0.3) is 6.08 Å². The molecule has 0 unspecified atom stereocenters. The van der Waals surface area contributed by atoms with Gasteiger partial charge in [-0.2, -0.15) is 5.26 Å². The van der Waals surface area contributed by atoms with Gasteiger partial charge >= 0.3 is 5.97 Å². The predicted octanol–water partition coefficient (Wildman–Crippen LogP) is 3.74. The molecule has 27 heavy (non-hydrogen) atoms. The fourth-order valence-corrected chi connectivity index (χ4v) is 3.89. The van der Waals surface area contributed by atoms with Crippen molar-refractivity contribution in [1.29, 1.82) is 5.26 Å². The third-order valence-corrected chi connectivity index (χ3v) is 4.72. The smallest absolute Gasteiger partial charge is 0.341 e. The van der Waals surface area contributed by atoms with Gasteiger partial charge in [0.1, 0.15) is 17.4 Å². The monoisotopic (exact) mass is 540 g/mol. The minimum absolute atomic E-state index is 0.0344. The zero-order valence-electron chi connectivity index (χ0n) is 13.9. The van der Waals surface area contributed by atoms with Crippen LogP contribution in [-0.4, -0.2) is 23.6 Å². The van der Waals surface area contributed by atoms with Gasteiger partial charge < -0.3 is 15.2 Å². The van der Waals surface area contributed by atoms with Crippen LogP contribution in [0.15, 0.2) is 52.5 Å². The lowest BCUT2D eigenvalue weighted by Crippen LogP contribution is -2.23. The van der Waals surface area contributed by atoms with Gasteiger partial charge in [-0.15, -0.1) is 0 Å². The highest BCUT2D eigenvalue weighted by molar-refractivity contribution is 14.1. The van der Waals surface area contributed by atoms with Gasteiger partial charge in [-0.1, -0.05) is 30.3 Å². The van der Waals surface area contributed by atoms with Crippen molar-refractivity contribution in [2.75, 3.05) is 6.61 Å². The van der Waals surface area contributed by atoms with Crippen molar-refractivity contribution in [3.8, 4) is 11.8 Å². The van der Waals surface area contributed by atoms with E-state index in [1.165, 1.54) is 6.08 Å². The molecular formula is C19H14BrIN2O4. The Bertz CT molecular complexity index is 900. The third kappa shape index (κ3) is 6.37. The number of aliphatic carboxylic acids is 1. The lowest BCUT2D eigenvalue weighted by Gasteiger charge is -2.10. The standard InChI is InChI=1S/C19H14BrIN2O4/c20-15-7-13(8-16(21)18(15)27-11-17(24)25)6-14(9-22)19(26)23-10-12-4-2-1-3-5-12/h1-8H,10-11H2,(H,23,26)(H,24,25)/b14-6-. The second-order valence-electron chi connectivity index (χ2n) is 5.33. The van der Waals surface area contributed by atoms with Crippen molar-refractivity contribution < 1.29 is 19.4 Å². The van der Waals surface area contributed by atoms with Crippen molar-refractivity contribution in [2.45, 2.75) is 6.54 Å². The van der Waals surface area contributed by atoms with E-state index in [1.807, 2.05) is 59.0 Å². The Hall–Kier alpha value is -2.38. The number of carboxylic acids is 1. The van der Waals surface area contributed by atoms with Crippen LogP contribution in [0, 0.1) is 14.9 Å². The molecule has 8 heteroatoms. The van der Waals surface area contributed by atoms with Gasteiger partial charge in [-0.25, -0.2) is 4.79 Å². The molecule has 1 amide bonds. The SMILES string of the molecule is N#C/C(=C/c1cc(Br)c(OCC(=O)O)c(I)c1)C(=O)NCc1ccccc1. The molecule has 0 bridgehead atoms. The average molecular weight is 541 g/mol. The van der Waals surface area contributed by atoms with Crippen LogP contribution >= 0.6 is 38.5 Å². The predicted molar refractivity (Wildman–Crippen MR) is 112 cm³/mol. The van der Waals surface area contributed by atoms with Crippen molar-refractivity contribution in [3.63, 3.8) is 0 Å². The average Bonchev–Trinajstić information content (AvgIpc) is 2.64. The molecule has 0 aromatic heterocycles. The molecule has 2 rings (SSSR count). The lowest BCUT2D eigenvalue weighted by molar-refractivity contribution is -0.139. The van der Waals surface area contributed by atoms with E-state index in [9.17, 15) is 14.9 Å². The van der Waals surface area contributed by atoms with Crippen molar-refractivity contribution in [2.24, 2.45) is 0 Å². The molecule has 2 N–H and O–H groups in total. The van der Waals surface area contributed by atoms with Gasteiger partial charge in [0.2, 0.25) is 0 Å². The summed E-state index contributed by atoms with van der Waals surface area (Å²) in [7, 11) is 0. The Morgan fingerprint density at radius 2 is 2.00 bits per heavy atom. The van der Waals surface area contributed by atoms with E-state index < -0.39 is 18.5 Å². The minimum atomic E-state index is -1.08. The Labute approximate surface area is 178 Å². The summed E-state index contributed by atoms with van der Waals surface area (Å²) >= 11 is 5.32. The normalized spacial score (nSPS) is 10.8. The molecular weight excluding hydrogens is 527 g/mol. The van der Waals surface area contributed by atoms with Gasteiger partial charge in [0.25, 0.3) is 5.91 Å². The van der Waals surface area contributed by atoms with Crippen LogP contribution in [0.1, 0.15) is 11.1 Å². The zero-order valence-corrected chi connectivity index (χ0v) is 17.7. The first-order valence-corrected chi connectivity index (χ1v) is 9.55. The third-order valence-electron chi connectivity index (χ3n) is 3.33. The summed E-state index contributed by atoms with van der Waals surface area (Å²) in [6, 6.07) is 14.6. The Morgan fingerprint density at radius 3 is 2.59 bits per heavy atom. The molecule has 0 radical (unpaired) electrons. The Balaban J connectivity index is 2.15. The second kappa shape index (κ2) is 10.1. The van der Waals surface area contributed by atoms with Gasteiger partial charge in [0.15, 0.2) is 6.61 Å². The van der Waals surface area contributed by atoms with Crippen LogP contribution in [0.3, 0.4) is 0 Å². The summed E-state index contributed by atoms with van der Waals surface area (Å²) in [5.41, 5.74) is 1.51. The molecule has 0 fully saturated rings. The number of nitrogens with one attached hydrogen (secondary N) is 1. The number of carbonyl (C=O) groups excluding carboxylic acids is 1. The van der Waals surface area contributed by atoms with E-state index in [4.69, 9.17) is 9.84 Å². The second-order valence-corrected chi connectivity index (χ2v) is 7.35. The number of nitrogens with zero attached hydrogens (tertiary/aromatic N) is 1. The fourth-order valence-electron chi connectivity index (χ4n) is 2.12. The number of halogens is 2. The number of nitriles is 1. The molecule has 138 valence electrons. The topological polar surface area (TPSA) is 99.4 Å². The number of rotatable bonds is 7. The number of amides is 1. The Morgan fingerprint density at radius 1 is 1.30 bits per heavy atom. The minimum Gasteiger partial charge on any atom is -0.480 e. The number of carbonyl (C=O) groups is 2. The van der Waals surface area contributed by atoms with Crippen molar-refractivity contribution >= 4 is 56.5 Å². The van der Waals surface area contributed by atoms with Crippen LogP contribution in [0.2, 0.25) is 0 Å². The first-order chi connectivity index (χ1) is 12.9. The lowest BCUT2D eigenvalue weighted by atomic mass is 10.1. The summed E-state index contributed by atoms with van der Waals surface area (Å²) in [6.45, 7) is -0.142. The van der Waals surface area contributed by atoms with E-state index in [0.717, 1.165) is 5.56 Å². The van der Waals surface area contributed by atoms with Gasteiger partial charge in [-0.05, 0) is 67.9 Å². The number of benzene rings is 2. The largest absolute Gasteiger partial charge is 0.480 e. The van der Waals surface area contributed by atoms with E-state index in [2.05, 4.69) is 21.2 Å². The maximum absolute atomic E-state index is 12.3.